The molecule has 0 aromatic rings. The van der Waals surface area contributed by atoms with Crippen LogP contribution in [0.25, 0.3) is 0 Å². The van der Waals surface area contributed by atoms with Gasteiger partial charge in [-0.25, -0.2) is 0 Å². The molecule has 2 N–H and O–H groups in total. The first-order chi connectivity index (χ1) is 9.77. The van der Waals surface area contributed by atoms with Crippen LogP contribution in [0, 0.1) is 0 Å². The van der Waals surface area contributed by atoms with Gasteiger partial charge in [0.1, 0.15) is 0 Å². The van der Waals surface area contributed by atoms with Crippen LogP contribution in [0.3, 0.4) is 0 Å². The fraction of sp³-hybridized carbons (Fsp3) is 1.00. The smallest absolute Gasteiger partial charge is 0.0191 e. The number of unbranched alkanes of at least 4 members (excludes halogenated alkanes) is 7. The third-order valence-corrected chi connectivity index (χ3v) is 4.70. The Kier molecular flexibility index (Phi) is 10.3. The van der Waals surface area contributed by atoms with Crippen molar-refractivity contribution in [2.75, 3.05) is 39.3 Å². The fourth-order valence-corrected chi connectivity index (χ4v) is 3.05. The molecule has 1 rings (SSSR count). The molecule has 0 bridgehead atoms. The Labute approximate surface area is 126 Å². The van der Waals surface area contributed by atoms with E-state index in [9.17, 15) is 0 Å². The average molecular weight is 284 g/mol. The summed E-state index contributed by atoms with van der Waals surface area (Å²) in [6, 6.07) is 0.556. The van der Waals surface area contributed by atoms with Crippen LogP contribution in [-0.4, -0.2) is 55.1 Å². The van der Waals surface area contributed by atoms with Crippen LogP contribution in [0.5, 0.6) is 0 Å². The predicted octanol–water partition coefficient (Wildman–Crippen LogP) is 3.09. The van der Waals surface area contributed by atoms with Gasteiger partial charge >= 0.3 is 0 Å². The van der Waals surface area contributed by atoms with Crippen LogP contribution in [0.4, 0.5) is 0 Å². The third kappa shape index (κ3) is 7.61. The zero-order valence-electron chi connectivity index (χ0n) is 13.9. The number of rotatable bonds is 11. The number of hydrogen-bond acceptors (Lipinski definition) is 3. The van der Waals surface area contributed by atoms with E-state index in [1.165, 1.54) is 84.1 Å². The minimum atomic E-state index is 0.556. The normalized spacial score (nSPS) is 19.4. The molecule has 1 aliphatic rings. The van der Waals surface area contributed by atoms with E-state index < -0.39 is 0 Å². The molecule has 20 heavy (non-hydrogen) atoms. The molecule has 1 aliphatic heterocycles. The minimum Gasteiger partial charge on any atom is -0.329 e. The van der Waals surface area contributed by atoms with Crippen LogP contribution >= 0.6 is 0 Å². The van der Waals surface area contributed by atoms with Gasteiger partial charge in [0.05, 0.1) is 0 Å². The highest BCUT2D eigenvalue weighted by Crippen LogP contribution is 2.10. The van der Waals surface area contributed by atoms with Crippen molar-refractivity contribution in [1.29, 1.82) is 0 Å². The first kappa shape index (κ1) is 17.9. The lowest BCUT2D eigenvalue weighted by molar-refractivity contribution is 0.104. The number of nitrogens with two attached hydrogens (primary N) is 1. The average Bonchev–Trinajstić information content (AvgIpc) is 2.50. The first-order valence-corrected chi connectivity index (χ1v) is 8.94. The van der Waals surface area contributed by atoms with E-state index in [0.29, 0.717) is 6.04 Å². The van der Waals surface area contributed by atoms with Gasteiger partial charge in [0.15, 0.2) is 0 Å². The summed E-state index contributed by atoms with van der Waals surface area (Å²) in [6.45, 7) is 11.5. The quantitative estimate of drug-likeness (QED) is 0.591. The van der Waals surface area contributed by atoms with Gasteiger partial charge in [-0.15, -0.1) is 0 Å². The monoisotopic (exact) mass is 283 g/mol. The molecular formula is C17H37N3. The first-order valence-electron chi connectivity index (χ1n) is 8.94. The standard InChI is InChI=1S/C17H37N3/c1-3-4-5-6-7-8-9-10-11-19-12-14-20(15-13-19)17(2)16-18/h17H,3-16,18H2,1-2H3. The second-order valence-corrected chi connectivity index (χ2v) is 6.44. The molecule has 0 saturated carbocycles. The fourth-order valence-electron chi connectivity index (χ4n) is 3.05. The molecule has 0 spiro atoms. The Bertz CT molecular complexity index is 212. The summed E-state index contributed by atoms with van der Waals surface area (Å²) in [5.74, 6) is 0. The molecule has 1 heterocycles. The van der Waals surface area contributed by atoms with Crippen molar-refractivity contribution in [3.63, 3.8) is 0 Å². The second kappa shape index (κ2) is 11.5. The summed E-state index contributed by atoms with van der Waals surface area (Å²) >= 11 is 0. The topological polar surface area (TPSA) is 32.5 Å². The number of piperazine rings is 1. The Balaban J connectivity index is 1.91. The van der Waals surface area contributed by atoms with Gasteiger partial charge in [-0.3, -0.25) is 4.90 Å². The maximum absolute atomic E-state index is 5.74. The van der Waals surface area contributed by atoms with Crippen LogP contribution in [0.1, 0.15) is 65.2 Å². The second-order valence-electron chi connectivity index (χ2n) is 6.44. The summed E-state index contributed by atoms with van der Waals surface area (Å²) in [7, 11) is 0. The molecule has 1 unspecified atom stereocenters. The molecule has 1 atom stereocenters. The van der Waals surface area contributed by atoms with Crippen LogP contribution in [0.2, 0.25) is 0 Å². The van der Waals surface area contributed by atoms with Crippen molar-refractivity contribution in [1.82, 2.24) is 9.80 Å². The van der Waals surface area contributed by atoms with E-state index >= 15 is 0 Å². The molecule has 0 aromatic heterocycles. The summed E-state index contributed by atoms with van der Waals surface area (Å²) < 4.78 is 0. The molecular weight excluding hydrogens is 246 g/mol. The Morgan fingerprint density at radius 1 is 0.850 bits per heavy atom. The molecule has 0 radical (unpaired) electrons. The molecule has 0 amide bonds. The van der Waals surface area contributed by atoms with Crippen molar-refractivity contribution in [2.45, 2.75) is 71.3 Å². The van der Waals surface area contributed by atoms with E-state index in [0.717, 1.165) is 6.54 Å². The van der Waals surface area contributed by atoms with Gasteiger partial charge in [0.2, 0.25) is 0 Å². The van der Waals surface area contributed by atoms with E-state index in [1.54, 1.807) is 0 Å². The van der Waals surface area contributed by atoms with Crippen LogP contribution in [0.15, 0.2) is 0 Å². The lowest BCUT2D eigenvalue weighted by atomic mass is 10.1. The van der Waals surface area contributed by atoms with Crippen molar-refractivity contribution in [2.24, 2.45) is 5.73 Å². The maximum atomic E-state index is 5.74. The molecule has 0 aromatic carbocycles. The highest BCUT2D eigenvalue weighted by Gasteiger charge is 2.19. The Morgan fingerprint density at radius 2 is 1.40 bits per heavy atom. The molecule has 3 heteroatoms. The van der Waals surface area contributed by atoms with Gasteiger partial charge in [-0.1, -0.05) is 51.9 Å². The van der Waals surface area contributed by atoms with Crippen molar-refractivity contribution < 1.29 is 0 Å². The Morgan fingerprint density at radius 3 is 1.95 bits per heavy atom. The van der Waals surface area contributed by atoms with Gasteiger partial charge < -0.3 is 10.6 Å². The number of nitrogens with zero attached hydrogens (tertiary/aromatic N) is 2. The molecule has 120 valence electrons. The SMILES string of the molecule is CCCCCCCCCCN1CCN(C(C)CN)CC1. The van der Waals surface area contributed by atoms with Gasteiger partial charge in [0, 0.05) is 38.8 Å². The Hall–Kier alpha value is -0.120. The van der Waals surface area contributed by atoms with Crippen molar-refractivity contribution >= 4 is 0 Å². The van der Waals surface area contributed by atoms with E-state index in [-0.39, 0.29) is 0 Å². The van der Waals surface area contributed by atoms with Crippen LogP contribution in [-0.2, 0) is 0 Å². The highest BCUT2D eigenvalue weighted by atomic mass is 15.3. The van der Waals surface area contributed by atoms with Crippen molar-refractivity contribution in [3.8, 4) is 0 Å². The van der Waals surface area contributed by atoms with Gasteiger partial charge in [0.25, 0.3) is 0 Å². The summed E-state index contributed by atoms with van der Waals surface area (Å²) in [5.41, 5.74) is 5.74. The van der Waals surface area contributed by atoms with E-state index in [4.69, 9.17) is 5.73 Å². The largest absolute Gasteiger partial charge is 0.329 e. The summed E-state index contributed by atoms with van der Waals surface area (Å²) in [5, 5.41) is 0. The van der Waals surface area contributed by atoms with Gasteiger partial charge in [-0.05, 0) is 19.9 Å². The molecule has 3 nitrogen and oxygen atoms in total. The minimum absolute atomic E-state index is 0.556. The lowest BCUT2D eigenvalue weighted by Gasteiger charge is -2.37. The molecule has 1 saturated heterocycles. The van der Waals surface area contributed by atoms with Gasteiger partial charge in [-0.2, -0.15) is 0 Å². The highest BCUT2D eigenvalue weighted by molar-refractivity contribution is 4.76. The number of hydrogen-bond donors (Lipinski definition) is 1. The maximum Gasteiger partial charge on any atom is 0.0191 e. The molecule has 0 aliphatic carbocycles. The summed E-state index contributed by atoms with van der Waals surface area (Å²) in [4.78, 5) is 5.17. The van der Waals surface area contributed by atoms with E-state index in [2.05, 4.69) is 23.6 Å². The zero-order chi connectivity index (χ0) is 14.6. The van der Waals surface area contributed by atoms with E-state index in [1.807, 2.05) is 0 Å². The van der Waals surface area contributed by atoms with Crippen LogP contribution < -0.4 is 5.73 Å². The lowest BCUT2D eigenvalue weighted by Crippen LogP contribution is -2.51. The predicted molar refractivity (Wildman–Crippen MR) is 89.1 cm³/mol. The third-order valence-electron chi connectivity index (χ3n) is 4.70. The molecule has 1 fully saturated rings. The van der Waals surface area contributed by atoms with Crippen molar-refractivity contribution in [3.05, 3.63) is 0 Å². The zero-order valence-corrected chi connectivity index (χ0v) is 13.9. The summed E-state index contributed by atoms with van der Waals surface area (Å²) in [6.07, 6.45) is 11.4.